The topological polar surface area (TPSA) is 51.0 Å². The van der Waals surface area contributed by atoms with Crippen molar-refractivity contribution in [3.63, 3.8) is 0 Å². The first kappa shape index (κ1) is 8.80. The molecule has 1 heterocycles. The highest BCUT2D eigenvalue weighted by Gasteiger charge is 2.35. The molecule has 3 N–H and O–H groups in total. The maximum Gasteiger partial charge on any atom is 0.120 e. The molecule has 0 radical (unpaired) electrons. The predicted molar refractivity (Wildman–Crippen MR) is 60.2 cm³/mol. The molecule has 1 aromatic heterocycles. The van der Waals surface area contributed by atoms with Gasteiger partial charge in [0.2, 0.25) is 0 Å². The summed E-state index contributed by atoms with van der Waals surface area (Å²) in [5.74, 6) is 1.42. The van der Waals surface area contributed by atoms with E-state index in [9.17, 15) is 0 Å². The van der Waals surface area contributed by atoms with Gasteiger partial charge in [-0.1, -0.05) is 0 Å². The van der Waals surface area contributed by atoms with E-state index in [1.165, 1.54) is 11.1 Å². The highest BCUT2D eigenvalue weighted by Crippen LogP contribution is 2.39. The number of ether oxygens (including phenoxy) is 1. The fourth-order valence-corrected chi connectivity index (χ4v) is 2.03. The molecule has 2 aromatic rings. The Balaban J connectivity index is 2.06. The van der Waals surface area contributed by atoms with Crippen LogP contribution in [0.5, 0.6) is 5.75 Å². The number of nitrogens with one attached hydrogen (secondary N) is 1. The Labute approximate surface area is 88.2 Å². The molecular weight excluding hydrogens is 188 g/mol. The second kappa shape index (κ2) is 3.00. The van der Waals surface area contributed by atoms with Crippen LogP contribution < -0.4 is 10.5 Å². The summed E-state index contributed by atoms with van der Waals surface area (Å²) >= 11 is 0. The van der Waals surface area contributed by atoms with E-state index in [-0.39, 0.29) is 0 Å². The molecule has 3 heteroatoms. The number of hydrogen-bond acceptors (Lipinski definition) is 2. The number of rotatable bonds is 2. The third-order valence-electron chi connectivity index (χ3n) is 3.09. The molecule has 0 aliphatic heterocycles. The smallest absolute Gasteiger partial charge is 0.120 e. The van der Waals surface area contributed by atoms with Gasteiger partial charge in [-0.05, 0) is 30.0 Å². The Kier molecular flexibility index (Phi) is 1.76. The van der Waals surface area contributed by atoms with E-state index < -0.39 is 0 Å². The maximum atomic E-state index is 5.83. The van der Waals surface area contributed by atoms with Gasteiger partial charge in [0.15, 0.2) is 0 Å². The van der Waals surface area contributed by atoms with Crippen molar-refractivity contribution in [1.82, 2.24) is 4.98 Å². The Bertz CT molecular complexity index is 503. The van der Waals surface area contributed by atoms with E-state index in [4.69, 9.17) is 10.5 Å². The average Bonchev–Trinajstić information content (AvgIpc) is 2.83. The van der Waals surface area contributed by atoms with Crippen LogP contribution in [-0.4, -0.2) is 18.1 Å². The number of hydrogen-bond donors (Lipinski definition) is 2. The first-order valence-electron chi connectivity index (χ1n) is 5.20. The van der Waals surface area contributed by atoms with Crippen LogP contribution in [0.15, 0.2) is 24.3 Å². The normalized spacial score (nSPS) is 24.4. The molecule has 0 saturated heterocycles. The first-order valence-corrected chi connectivity index (χ1v) is 5.20. The molecule has 2 unspecified atom stereocenters. The van der Waals surface area contributed by atoms with Crippen molar-refractivity contribution in [3.8, 4) is 5.75 Å². The van der Waals surface area contributed by atoms with Crippen LogP contribution in [0.4, 0.5) is 0 Å². The highest BCUT2D eigenvalue weighted by molar-refractivity contribution is 5.82. The van der Waals surface area contributed by atoms with Crippen molar-refractivity contribution in [2.24, 2.45) is 5.73 Å². The lowest BCUT2D eigenvalue weighted by Gasteiger charge is -1.97. The molecule has 1 saturated carbocycles. The second-order valence-corrected chi connectivity index (χ2v) is 4.18. The summed E-state index contributed by atoms with van der Waals surface area (Å²) in [4.78, 5) is 3.40. The van der Waals surface area contributed by atoms with Crippen LogP contribution in [0.1, 0.15) is 18.0 Å². The molecule has 0 spiro atoms. The lowest BCUT2D eigenvalue weighted by molar-refractivity contribution is 0.415. The van der Waals surface area contributed by atoms with Gasteiger partial charge in [-0.15, -0.1) is 0 Å². The molecule has 1 aliphatic rings. The summed E-state index contributed by atoms with van der Waals surface area (Å²) in [7, 11) is 1.68. The van der Waals surface area contributed by atoms with Crippen LogP contribution in [0.3, 0.4) is 0 Å². The van der Waals surface area contributed by atoms with Crippen LogP contribution in [-0.2, 0) is 0 Å². The fraction of sp³-hybridized carbons (Fsp3) is 0.333. The molecule has 78 valence electrons. The molecule has 15 heavy (non-hydrogen) atoms. The SMILES string of the molecule is COc1ccc2cc(C3CC3N)[nH]c2c1. The molecule has 0 amide bonds. The van der Waals surface area contributed by atoms with Crippen molar-refractivity contribution < 1.29 is 4.74 Å². The van der Waals surface area contributed by atoms with E-state index in [0.717, 1.165) is 17.7 Å². The Hall–Kier alpha value is -1.48. The second-order valence-electron chi connectivity index (χ2n) is 4.18. The Morgan fingerprint density at radius 1 is 1.40 bits per heavy atom. The quantitative estimate of drug-likeness (QED) is 0.782. The van der Waals surface area contributed by atoms with Gasteiger partial charge in [-0.3, -0.25) is 0 Å². The molecule has 1 aromatic carbocycles. The minimum absolute atomic E-state index is 0.347. The first-order chi connectivity index (χ1) is 7.28. The van der Waals surface area contributed by atoms with Crippen LogP contribution in [0.2, 0.25) is 0 Å². The van der Waals surface area contributed by atoms with E-state index in [1.807, 2.05) is 12.1 Å². The summed E-state index contributed by atoms with van der Waals surface area (Å²) in [6.07, 6.45) is 1.10. The molecule has 1 fully saturated rings. The van der Waals surface area contributed by atoms with E-state index in [0.29, 0.717) is 12.0 Å². The Morgan fingerprint density at radius 3 is 2.87 bits per heavy atom. The third kappa shape index (κ3) is 1.39. The van der Waals surface area contributed by atoms with Gasteiger partial charge in [0.25, 0.3) is 0 Å². The van der Waals surface area contributed by atoms with Crippen molar-refractivity contribution in [1.29, 1.82) is 0 Å². The average molecular weight is 202 g/mol. The number of aromatic amines is 1. The van der Waals surface area contributed by atoms with Crippen molar-refractivity contribution in [2.75, 3.05) is 7.11 Å². The predicted octanol–water partition coefficient (Wildman–Crippen LogP) is 1.99. The van der Waals surface area contributed by atoms with Crippen LogP contribution in [0.25, 0.3) is 10.9 Å². The maximum absolute atomic E-state index is 5.83. The summed E-state index contributed by atoms with van der Waals surface area (Å²) in [6.45, 7) is 0. The number of nitrogens with two attached hydrogens (primary N) is 1. The zero-order chi connectivity index (χ0) is 10.4. The summed E-state index contributed by atoms with van der Waals surface area (Å²) in [6, 6.07) is 8.61. The number of benzene rings is 1. The van der Waals surface area contributed by atoms with Gasteiger partial charge in [-0.2, -0.15) is 0 Å². The van der Waals surface area contributed by atoms with Gasteiger partial charge in [0.1, 0.15) is 5.75 Å². The largest absolute Gasteiger partial charge is 0.497 e. The summed E-state index contributed by atoms with van der Waals surface area (Å²) in [5, 5.41) is 1.23. The summed E-state index contributed by atoms with van der Waals surface area (Å²) in [5.41, 5.74) is 8.22. The number of methoxy groups -OCH3 is 1. The zero-order valence-electron chi connectivity index (χ0n) is 8.66. The molecule has 1 aliphatic carbocycles. The van der Waals surface area contributed by atoms with Crippen molar-refractivity contribution in [2.45, 2.75) is 18.4 Å². The zero-order valence-corrected chi connectivity index (χ0v) is 8.66. The van der Waals surface area contributed by atoms with E-state index >= 15 is 0 Å². The minimum Gasteiger partial charge on any atom is -0.497 e. The number of fused-ring (bicyclic) bond motifs is 1. The lowest BCUT2D eigenvalue weighted by Crippen LogP contribution is -2.00. The van der Waals surface area contributed by atoms with Crippen LogP contribution in [0, 0.1) is 0 Å². The lowest BCUT2D eigenvalue weighted by atomic mass is 10.2. The fourth-order valence-electron chi connectivity index (χ4n) is 2.03. The van der Waals surface area contributed by atoms with E-state index in [2.05, 4.69) is 17.1 Å². The van der Waals surface area contributed by atoms with Gasteiger partial charge < -0.3 is 15.5 Å². The number of aromatic nitrogens is 1. The van der Waals surface area contributed by atoms with Crippen molar-refractivity contribution in [3.05, 3.63) is 30.0 Å². The van der Waals surface area contributed by atoms with E-state index in [1.54, 1.807) is 7.11 Å². The molecule has 3 nitrogen and oxygen atoms in total. The minimum atomic E-state index is 0.347. The van der Waals surface area contributed by atoms with Gasteiger partial charge in [-0.25, -0.2) is 0 Å². The Morgan fingerprint density at radius 2 is 2.20 bits per heavy atom. The molecule has 2 atom stereocenters. The number of H-pyrrole nitrogens is 1. The molecule has 3 rings (SSSR count). The highest BCUT2D eigenvalue weighted by atomic mass is 16.5. The van der Waals surface area contributed by atoms with Gasteiger partial charge in [0, 0.05) is 29.2 Å². The molecule has 0 bridgehead atoms. The third-order valence-corrected chi connectivity index (χ3v) is 3.09. The van der Waals surface area contributed by atoms with Gasteiger partial charge in [0.05, 0.1) is 7.11 Å². The van der Waals surface area contributed by atoms with Crippen LogP contribution >= 0.6 is 0 Å². The summed E-state index contributed by atoms with van der Waals surface area (Å²) < 4.78 is 5.18. The monoisotopic (exact) mass is 202 g/mol. The molecular formula is C12H14N2O. The standard InChI is InChI=1S/C12H14N2O/c1-15-8-3-2-7-4-12(9-6-10(9)13)14-11(7)5-8/h2-5,9-10,14H,6,13H2,1H3. The van der Waals surface area contributed by atoms with Gasteiger partial charge >= 0.3 is 0 Å². The van der Waals surface area contributed by atoms with Crippen molar-refractivity contribution >= 4 is 10.9 Å².